The molecule has 0 amide bonds. The van der Waals surface area contributed by atoms with Crippen molar-refractivity contribution in [2.45, 2.75) is 32.1 Å². The minimum absolute atomic E-state index is 0.0524. The van der Waals surface area contributed by atoms with Gasteiger partial charge in [0.25, 0.3) is 0 Å². The van der Waals surface area contributed by atoms with Crippen LogP contribution in [0.1, 0.15) is 32.1 Å². The Morgan fingerprint density at radius 2 is 2.00 bits per heavy atom. The van der Waals surface area contributed by atoms with Crippen LogP contribution in [-0.2, 0) is 4.84 Å². The minimum atomic E-state index is 0.0524. The van der Waals surface area contributed by atoms with Crippen LogP contribution in [0.3, 0.4) is 0 Å². The molecule has 1 N–H and O–H groups in total. The molecule has 1 fully saturated rings. The van der Waals surface area contributed by atoms with Gasteiger partial charge in [-0.1, -0.05) is 11.6 Å². The van der Waals surface area contributed by atoms with Gasteiger partial charge in [-0.15, -0.1) is 0 Å². The summed E-state index contributed by atoms with van der Waals surface area (Å²) in [6, 6.07) is 0. The zero-order chi connectivity index (χ0) is 7.94. The lowest BCUT2D eigenvalue weighted by Crippen LogP contribution is -2.06. The molecule has 1 aliphatic carbocycles. The minimum Gasteiger partial charge on any atom is -0.393 e. The Morgan fingerprint density at radius 3 is 2.64 bits per heavy atom. The SMILES string of the molecule is OCCON=C1CCCCC1. The molecule has 0 unspecified atom stereocenters. The fourth-order valence-electron chi connectivity index (χ4n) is 1.23. The molecule has 11 heavy (non-hydrogen) atoms. The van der Waals surface area contributed by atoms with Crippen molar-refractivity contribution in [1.82, 2.24) is 0 Å². The van der Waals surface area contributed by atoms with E-state index in [9.17, 15) is 0 Å². The molecule has 0 aliphatic heterocycles. The Bertz CT molecular complexity index is 126. The van der Waals surface area contributed by atoms with E-state index in [2.05, 4.69) is 5.16 Å². The van der Waals surface area contributed by atoms with Gasteiger partial charge < -0.3 is 9.94 Å². The van der Waals surface area contributed by atoms with Crippen molar-refractivity contribution in [3.8, 4) is 0 Å². The maximum atomic E-state index is 8.40. The highest BCUT2D eigenvalue weighted by molar-refractivity contribution is 5.84. The van der Waals surface area contributed by atoms with E-state index in [1.807, 2.05) is 0 Å². The highest BCUT2D eigenvalue weighted by atomic mass is 16.6. The summed E-state index contributed by atoms with van der Waals surface area (Å²) in [6.45, 7) is 0.375. The first-order valence-corrected chi connectivity index (χ1v) is 4.22. The number of hydrogen-bond acceptors (Lipinski definition) is 3. The molecule has 64 valence electrons. The maximum absolute atomic E-state index is 8.40. The number of hydrogen-bond donors (Lipinski definition) is 1. The Morgan fingerprint density at radius 1 is 1.27 bits per heavy atom. The first-order valence-electron chi connectivity index (χ1n) is 4.22. The normalized spacial score (nSPS) is 18.1. The fraction of sp³-hybridized carbons (Fsp3) is 0.875. The average Bonchev–Trinajstić information content (AvgIpc) is 2.07. The molecule has 0 spiro atoms. The van der Waals surface area contributed by atoms with Crippen LogP contribution in [0.15, 0.2) is 5.16 Å². The number of oxime groups is 1. The Hall–Kier alpha value is -0.570. The van der Waals surface area contributed by atoms with Crippen molar-refractivity contribution in [2.24, 2.45) is 5.16 Å². The van der Waals surface area contributed by atoms with E-state index >= 15 is 0 Å². The van der Waals surface area contributed by atoms with Gasteiger partial charge in [0.2, 0.25) is 0 Å². The second-order valence-corrected chi connectivity index (χ2v) is 2.78. The van der Waals surface area contributed by atoms with Crippen molar-refractivity contribution in [2.75, 3.05) is 13.2 Å². The van der Waals surface area contributed by atoms with Crippen molar-refractivity contribution >= 4 is 5.71 Å². The first-order chi connectivity index (χ1) is 5.43. The predicted octanol–water partition coefficient (Wildman–Crippen LogP) is 1.32. The molecule has 0 saturated heterocycles. The Kier molecular flexibility index (Phi) is 3.98. The third-order valence-electron chi connectivity index (χ3n) is 1.81. The lowest BCUT2D eigenvalue weighted by atomic mass is 9.99. The summed E-state index contributed by atoms with van der Waals surface area (Å²) >= 11 is 0. The predicted molar refractivity (Wildman–Crippen MR) is 43.6 cm³/mol. The van der Waals surface area contributed by atoms with Gasteiger partial charge in [0.05, 0.1) is 12.3 Å². The molecular weight excluding hydrogens is 142 g/mol. The van der Waals surface area contributed by atoms with Crippen molar-refractivity contribution in [1.29, 1.82) is 0 Å². The molecule has 0 atom stereocenters. The molecule has 0 aromatic rings. The second kappa shape index (κ2) is 5.13. The topological polar surface area (TPSA) is 41.8 Å². The van der Waals surface area contributed by atoms with E-state index < -0.39 is 0 Å². The quantitative estimate of drug-likeness (QED) is 0.496. The molecular formula is C8H15NO2. The third-order valence-corrected chi connectivity index (χ3v) is 1.81. The maximum Gasteiger partial charge on any atom is 0.140 e. The van der Waals surface area contributed by atoms with Crippen LogP contribution in [0.4, 0.5) is 0 Å². The summed E-state index contributed by atoms with van der Waals surface area (Å²) in [5.74, 6) is 0. The van der Waals surface area contributed by atoms with E-state index in [1.54, 1.807) is 0 Å². The van der Waals surface area contributed by atoms with Crippen molar-refractivity contribution < 1.29 is 9.94 Å². The van der Waals surface area contributed by atoms with Gasteiger partial charge >= 0.3 is 0 Å². The second-order valence-electron chi connectivity index (χ2n) is 2.78. The molecule has 3 nitrogen and oxygen atoms in total. The van der Waals surface area contributed by atoms with Crippen LogP contribution in [0.2, 0.25) is 0 Å². The largest absolute Gasteiger partial charge is 0.393 e. The number of aliphatic hydroxyl groups is 1. The molecule has 0 aromatic heterocycles. The van der Waals surface area contributed by atoms with Gasteiger partial charge in [0.1, 0.15) is 6.61 Å². The third kappa shape index (κ3) is 3.37. The molecule has 0 heterocycles. The van der Waals surface area contributed by atoms with Gasteiger partial charge in [0, 0.05) is 0 Å². The molecule has 0 aromatic carbocycles. The van der Waals surface area contributed by atoms with Gasteiger partial charge in [-0.25, -0.2) is 0 Å². The highest BCUT2D eigenvalue weighted by Crippen LogP contribution is 2.14. The standard InChI is InChI=1S/C8H15NO2/c10-6-7-11-9-8-4-2-1-3-5-8/h10H,1-7H2. The summed E-state index contributed by atoms with van der Waals surface area (Å²) in [7, 11) is 0. The van der Waals surface area contributed by atoms with Crippen LogP contribution in [-0.4, -0.2) is 24.0 Å². The first kappa shape index (κ1) is 8.53. The van der Waals surface area contributed by atoms with Crippen LogP contribution in [0.5, 0.6) is 0 Å². The summed E-state index contributed by atoms with van der Waals surface area (Å²) < 4.78 is 0. The zero-order valence-corrected chi connectivity index (χ0v) is 6.75. The summed E-state index contributed by atoms with van der Waals surface area (Å²) in [5.41, 5.74) is 1.16. The summed E-state index contributed by atoms with van der Waals surface area (Å²) in [4.78, 5) is 4.86. The molecule has 1 rings (SSSR count). The van der Waals surface area contributed by atoms with Crippen molar-refractivity contribution in [3.05, 3.63) is 0 Å². The Balaban J connectivity index is 2.15. The molecule has 0 radical (unpaired) electrons. The van der Waals surface area contributed by atoms with Gasteiger partial charge in [-0.3, -0.25) is 0 Å². The van der Waals surface area contributed by atoms with E-state index in [4.69, 9.17) is 9.94 Å². The Labute approximate surface area is 67.0 Å². The summed E-state index contributed by atoms with van der Waals surface area (Å²) in [6.07, 6.45) is 5.94. The number of aliphatic hydroxyl groups excluding tert-OH is 1. The van der Waals surface area contributed by atoms with E-state index in [0.29, 0.717) is 6.61 Å². The van der Waals surface area contributed by atoms with Crippen molar-refractivity contribution in [3.63, 3.8) is 0 Å². The summed E-state index contributed by atoms with van der Waals surface area (Å²) in [5, 5.41) is 12.3. The molecule has 1 aliphatic rings. The van der Waals surface area contributed by atoms with E-state index in [-0.39, 0.29) is 6.61 Å². The van der Waals surface area contributed by atoms with Crippen LogP contribution < -0.4 is 0 Å². The zero-order valence-electron chi connectivity index (χ0n) is 6.75. The van der Waals surface area contributed by atoms with Crippen LogP contribution >= 0.6 is 0 Å². The molecule has 1 saturated carbocycles. The number of rotatable bonds is 3. The van der Waals surface area contributed by atoms with Crippen LogP contribution in [0.25, 0.3) is 0 Å². The average molecular weight is 157 g/mol. The number of nitrogens with zero attached hydrogens (tertiary/aromatic N) is 1. The lowest BCUT2D eigenvalue weighted by Gasteiger charge is -2.10. The smallest absolute Gasteiger partial charge is 0.140 e. The van der Waals surface area contributed by atoms with Crippen LogP contribution in [0, 0.1) is 0 Å². The lowest BCUT2D eigenvalue weighted by molar-refractivity contribution is 0.0974. The van der Waals surface area contributed by atoms with Gasteiger partial charge in [-0.05, 0) is 25.7 Å². The molecule has 3 heteroatoms. The highest BCUT2D eigenvalue weighted by Gasteiger charge is 2.06. The van der Waals surface area contributed by atoms with E-state index in [0.717, 1.165) is 18.6 Å². The van der Waals surface area contributed by atoms with Gasteiger partial charge in [0.15, 0.2) is 0 Å². The monoisotopic (exact) mass is 157 g/mol. The fourth-order valence-corrected chi connectivity index (χ4v) is 1.23. The molecule has 0 bridgehead atoms. The van der Waals surface area contributed by atoms with Gasteiger partial charge in [-0.2, -0.15) is 0 Å². The van der Waals surface area contributed by atoms with E-state index in [1.165, 1.54) is 19.3 Å².